The van der Waals surface area contributed by atoms with Crippen LogP contribution in [0.4, 0.5) is 0 Å². The molecule has 82 valence electrons. The molecule has 0 bridgehead atoms. The van der Waals surface area contributed by atoms with Gasteiger partial charge in [-0.15, -0.1) is 0 Å². The Kier molecular flexibility index (Phi) is 3.89. The summed E-state index contributed by atoms with van der Waals surface area (Å²) in [5.41, 5.74) is 1.96. The molecule has 0 atom stereocenters. The Morgan fingerprint density at radius 1 is 1.20 bits per heavy atom. The van der Waals surface area contributed by atoms with Gasteiger partial charge in [-0.3, -0.25) is 4.79 Å². The zero-order valence-electron chi connectivity index (χ0n) is 9.95. The minimum absolute atomic E-state index is 0.149. The SMILES string of the molecule is C/C=C\C1=C(/C=C\C)C(=O)N(C(C)C)C1. The first-order valence-electron chi connectivity index (χ1n) is 5.41. The highest BCUT2D eigenvalue weighted by Gasteiger charge is 2.28. The Bertz CT molecular complexity index is 334. The van der Waals surface area contributed by atoms with Crippen LogP contribution in [0, 0.1) is 0 Å². The van der Waals surface area contributed by atoms with E-state index in [1.807, 2.05) is 56.9 Å². The molecule has 0 aromatic rings. The van der Waals surface area contributed by atoms with E-state index in [0.717, 1.165) is 17.7 Å². The van der Waals surface area contributed by atoms with Crippen LogP contribution in [0.15, 0.2) is 35.5 Å². The van der Waals surface area contributed by atoms with Crippen molar-refractivity contribution in [3.05, 3.63) is 35.5 Å². The molecule has 0 fully saturated rings. The van der Waals surface area contributed by atoms with Gasteiger partial charge >= 0.3 is 0 Å². The number of nitrogens with zero attached hydrogens (tertiary/aromatic N) is 1. The van der Waals surface area contributed by atoms with Crippen LogP contribution in [0.25, 0.3) is 0 Å². The second kappa shape index (κ2) is 4.96. The maximum Gasteiger partial charge on any atom is 0.254 e. The molecule has 0 N–H and O–H groups in total. The molecule has 2 nitrogen and oxygen atoms in total. The molecule has 1 aliphatic rings. The van der Waals surface area contributed by atoms with Gasteiger partial charge in [0.15, 0.2) is 0 Å². The van der Waals surface area contributed by atoms with Crippen LogP contribution in [0.5, 0.6) is 0 Å². The highest BCUT2D eigenvalue weighted by Crippen LogP contribution is 2.23. The first-order valence-corrected chi connectivity index (χ1v) is 5.41. The molecule has 1 rings (SSSR count). The van der Waals surface area contributed by atoms with E-state index in [0.29, 0.717) is 0 Å². The third-order valence-electron chi connectivity index (χ3n) is 2.50. The second-order valence-electron chi connectivity index (χ2n) is 3.97. The monoisotopic (exact) mass is 205 g/mol. The summed E-state index contributed by atoms with van der Waals surface area (Å²) in [6.45, 7) is 8.74. The lowest BCUT2D eigenvalue weighted by Gasteiger charge is -2.20. The van der Waals surface area contributed by atoms with Gasteiger partial charge in [-0.25, -0.2) is 0 Å². The van der Waals surface area contributed by atoms with E-state index in [1.165, 1.54) is 0 Å². The average molecular weight is 205 g/mol. The lowest BCUT2D eigenvalue weighted by Crippen LogP contribution is -2.33. The smallest absolute Gasteiger partial charge is 0.254 e. The van der Waals surface area contributed by atoms with Crippen LogP contribution in [0.3, 0.4) is 0 Å². The molecule has 1 amide bonds. The fourth-order valence-electron chi connectivity index (χ4n) is 1.74. The van der Waals surface area contributed by atoms with Gasteiger partial charge in [-0.2, -0.15) is 0 Å². The topological polar surface area (TPSA) is 20.3 Å². The van der Waals surface area contributed by atoms with Crippen LogP contribution >= 0.6 is 0 Å². The number of allylic oxidation sites excluding steroid dienone is 2. The molecular weight excluding hydrogens is 186 g/mol. The van der Waals surface area contributed by atoms with Crippen LogP contribution in [0.1, 0.15) is 27.7 Å². The predicted octanol–water partition coefficient (Wildman–Crippen LogP) is 2.69. The second-order valence-corrected chi connectivity index (χ2v) is 3.97. The number of carbonyl (C=O) groups is 1. The summed E-state index contributed by atoms with van der Waals surface area (Å²) in [4.78, 5) is 13.9. The summed E-state index contributed by atoms with van der Waals surface area (Å²) in [5, 5.41) is 0. The Morgan fingerprint density at radius 3 is 2.27 bits per heavy atom. The van der Waals surface area contributed by atoms with E-state index in [-0.39, 0.29) is 11.9 Å². The van der Waals surface area contributed by atoms with Crippen molar-refractivity contribution in [2.45, 2.75) is 33.7 Å². The van der Waals surface area contributed by atoms with Crippen molar-refractivity contribution in [3.63, 3.8) is 0 Å². The van der Waals surface area contributed by atoms with Gasteiger partial charge in [0.05, 0.1) is 0 Å². The van der Waals surface area contributed by atoms with Crippen LogP contribution in [-0.4, -0.2) is 23.4 Å². The van der Waals surface area contributed by atoms with E-state index in [9.17, 15) is 4.79 Å². The average Bonchev–Trinajstić information content (AvgIpc) is 2.47. The predicted molar refractivity (Wildman–Crippen MR) is 63.5 cm³/mol. The molecule has 0 unspecified atom stereocenters. The van der Waals surface area contributed by atoms with Gasteiger partial charge in [0.2, 0.25) is 0 Å². The number of amides is 1. The fourth-order valence-corrected chi connectivity index (χ4v) is 1.74. The van der Waals surface area contributed by atoms with Crippen molar-refractivity contribution < 1.29 is 4.79 Å². The standard InChI is InChI=1S/C13H19NO/c1-5-7-11-9-14(10(3)4)13(15)12(11)8-6-2/h5-8,10H,9H2,1-4H3/b7-5-,8-6-. The Morgan fingerprint density at radius 2 is 1.80 bits per heavy atom. The van der Waals surface area contributed by atoms with Crippen molar-refractivity contribution in [1.29, 1.82) is 0 Å². The first kappa shape index (κ1) is 11.8. The van der Waals surface area contributed by atoms with E-state index in [4.69, 9.17) is 0 Å². The van der Waals surface area contributed by atoms with Crippen LogP contribution in [0.2, 0.25) is 0 Å². The number of hydrogen-bond acceptors (Lipinski definition) is 1. The van der Waals surface area contributed by atoms with Crippen molar-refractivity contribution in [2.75, 3.05) is 6.54 Å². The van der Waals surface area contributed by atoms with Crippen LogP contribution in [-0.2, 0) is 4.79 Å². The number of rotatable bonds is 3. The number of carbonyl (C=O) groups excluding carboxylic acids is 1. The van der Waals surface area contributed by atoms with Gasteiger partial charge in [0.1, 0.15) is 0 Å². The summed E-state index contributed by atoms with van der Waals surface area (Å²) in [6.07, 6.45) is 7.83. The molecule has 0 saturated heterocycles. The van der Waals surface area contributed by atoms with Gasteiger partial charge in [0.25, 0.3) is 5.91 Å². The first-order chi connectivity index (χ1) is 7.11. The summed E-state index contributed by atoms with van der Waals surface area (Å²) in [6, 6.07) is 0.264. The fraction of sp³-hybridized carbons (Fsp3) is 0.462. The third kappa shape index (κ3) is 2.38. The summed E-state index contributed by atoms with van der Waals surface area (Å²) in [7, 11) is 0. The Hall–Kier alpha value is -1.31. The van der Waals surface area contributed by atoms with Gasteiger partial charge < -0.3 is 4.90 Å². The molecule has 0 radical (unpaired) electrons. The van der Waals surface area contributed by atoms with E-state index in [1.54, 1.807) is 0 Å². The molecule has 0 aromatic carbocycles. The zero-order chi connectivity index (χ0) is 11.4. The molecule has 0 aliphatic carbocycles. The molecule has 0 spiro atoms. The maximum atomic E-state index is 12.0. The summed E-state index contributed by atoms with van der Waals surface area (Å²) < 4.78 is 0. The molecule has 0 aromatic heterocycles. The lowest BCUT2D eigenvalue weighted by atomic mass is 10.1. The van der Waals surface area contributed by atoms with Crippen molar-refractivity contribution in [3.8, 4) is 0 Å². The number of hydrogen-bond donors (Lipinski definition) is 0. The normalized spacial score (nSPS) is 18.2. The minimum Gasteiger partial charge on any atom is -0.332 e. The largest absolute Gasteiger partial charge is 0.332 e. The summed E-state index contributed by atoms with van der Waals surface area (Å²) >= 11 is 0. The quantitative estimate of drug-likeness (QED) is 0.693. The van der Waals surface area contributed by atoms with Crippen molar-refractivity contribution >= 4 is 5.91 Å². The van der Waals surface area contributed by atoms with Crippen LogP contribution < -0.4 is 0 Å². The molecule has 1 heterocycles. The lowest BCUT2D eigenvalue weighted by molar-refractivity contribution is -0.126. The van der Waals surface area contributed by atoms with Crippen molar-refractivity contribution in [2.24, 2.45) is 0 Å². The molecule has 1 aliphatic heterocycles. The van der Waals surface area contributed by atoms with Crippen molar-refractivity contribution in [1.82, 2.24) is 4.90 Å². The Balaban J connectivity index is 3.02. The zero-order valence-corrected chi connectivity index (χ0v) is 9.95. The maximum absolute atomic E-state index is 12.0. The van der Waals surface area contributed by atoms with Gasteiger partial charge in [-0.05, 0) is 33.3 Å². The minimum atomic E-state index is 0.149. The molecule has 15 heavy (non-hydrogen) atoms. The highest BCUT2D eigenvalue weighted by atomic mass is 16.2. The van der Waals surface area contributed by atoms with E-state index < -0.39 is 0 Å². The Labute approximate surface area is 92.0 Å². The summed E-state index contributed by atoms with van der Waals surface area (Å²) in [5.74, 6) is 0.149. The molecule has 0 saturated carbocycles. The molecule has 2 heteroatoms. The highest BCUT2D eigenvalue weighted by molar-refractivity contribution is 6.00. The van der Waals surface area contributed by atoms with Gasteiger partial charge in [-0.1, -0.05) is 24.3 Å². The van der Waals surface area contributed by atoms with Gasteiger partial charge in [0, 0.05) is 18.2 Å². The van der Waals surface area contributed by atoms with E-state index >= 15 is 0 Å². The van der Waals surface area contributed by atoms with E-state index in [2.05, 4.69) is 0 Å². The third-order valence-corrected chi connectivity index (χ3v) is 2.50. The molecular formula is C13H19NO.